The second kappa shape index (κ2) is 7.70. The summed E-state index contributed by atoms with van der Waals surface area (Å²) in [5, 5.41) is 2.31. The molecule has 0 aliphatic heterocycles. The third-order valence-electron chi connectivity index (χ3n) is 3.60. The predicted octanol–water partition coefficient (Wildman–Crippen LogP) is 3.86. The van der Waals surface area contributed by atoms with Crippen LogP contribution < -0.4 is 5.32 Å². The lowest BCUT2D eigenvalue weighted by atomic mass is 10.2. The van der Waals surface area contributed by atoms with Crippen molar-refractivity contribution in [2.75, 3.05) is 0 Å². The van der Waals surface area contributed by atoms with Crippen molar-refractivity contribution in [1.82, 2.24) is 5.32 Å². The Bertz CT molecular complexity index is 753. The molecule has 0 aliphatic rings. The van der Waals surface area contributed by atoms with Crippen LogP contribution in [0.2, 0.25) is 0 Å². The summed E-state index contributed by atoms with van der Waals surface area (Å²) in [6.45, 7) is 3.90. The monoisotopic (exact) mass is 347 g/mol. The van der Waals surface area contributed by atoms with E-state index in [4.69, 9.17) is 12.2 Å². The molecule has 1 atom stereocenters. The number of thiocarbonyl (C=S) groups is 1. The highest BCUT2D eigenvalue weighted by atomic mass is 32.2. The van der Waals surface area contributed by atoms with E-state index in [1.807, 2.05) is 56.3 Å². The van der Waals surface area contributed by atoms with Gasteiger partial charge in [-0.2, -0.15) is 0 Å². The fraction of sp³-hybridized carbons (Fsp3) is 0.278. The second-order valence-corrected chi connectivity index (χ2v) is 8.01. The molecule has 2 rings (SSSR count). The minimum Gasteiger partial charge on any atom is -0.359 e. The molecule has 0 fully saturated rings. The van der Waals surface area contributed by atoms with Crippen LogP contribution in [-0.2, 0) is 9.84 Å². The van der Waals surface area contributed by atoms with Crippen LogP contribution in [0, 0.1) is 6.92 Å². The molecular weight excluding hydrogens is 326 g/mol. The highest BCUT2D eigenvalue weighted by molar-refractivity contribution is 7.92. The number of sulfone groups is 1. The van der Waals surface area contributed by atoms with E-state index in [2.05, 4.69) is 5.32 Å². The van der Waals surface area contributed by atoms with Gasteiger partial charge >= 0.3 is 0 Å². The Kier molecular flexibility index (Phi) is 5.91. The molecule has 0 saturated heterocycles. The van der Waals surface area contributed by atoms with Crippen LogP contribution in [0.1, 0.15) is 30.9 Å². The molecule has 0 aliphatic carbocycles. The minimum atomic E-state index is -3.48. The summed E-state index contributed by atoms with van der Waals surface area (Å²) >= 11 is 5.38. The fourth-order valence-electron chi connectivity index (χ4n) is 2.28. The van der Waals surface area contributed by atoms with Gasteiger partial charge in [0.2, 0.25) is 0 Å². The van der Waals surface area contributed by atoms with E-state index in [1.54, 1.807) is 12.1 Å². The van der Waals surface area contributed by atoms with Crippen molar-refractivity contribution in [3.05, 3.63) is 65.7 Å². The Morgan fingerprint density at radius 1 is 1.09 bits per heavy atom. The van der Waals surface area contributed by atoms with Crippen molar-refractivity contribution < 1.29 is 8.42 Å². The topological polar surface area (TPSA) is 46.2 Å². The van der Waals surface area contributed by atoms with Crippen molar-refractivity contribution in [2.45, 2.75) is 37.0 Å². The maximum Gasteiger partial charge on any atom is 0.199 e. The normalized spacial score (nSPS) is 12.6. The summed E-state index contributed by atoms with van der Waals surface area (Å²) in [5.74, 6) is 0. The quantitative estimate of drug-likeness (QED) is 0.806. The van der Waals surface area contributed by atoms with E-state index in [1.165, 1.54) is 0 Å². The third kappa shape index (κ3) is 4.39. The molecule has 0 aromatic heterocycles. The van der Waals surface area contributed by atoms with Gasteiger partial charge in [0.25, 0.3) is 0 Å². The molecule has 1 unspecified atom stereocenters. The highest BCUT2D eigenvalue weighted by Gasteiger charge is 2.27. The lowest BCUT2D eigenvalue weighted by molar-refractivity contribution is 0.561. The first-order valence-corrected chi connectivity index (χ1v) is 9.57. The van der Waals surface area contributed by atoms with Crippen LogP contribution >= 0.6 is 12.2 Å². The Hall–Kier alpha value is -1.72. The molecule has 0 saturated carbocycles. The third-order valence-corrected chi connectivity index (χ3v) is 5.99. The fourth-order valence-corrected chi connectivity index (χ4v) is 4.29. The Labute approximate surface area is 143 Å². The summed E-state index contributed by atoms with van der Waals surface area (Å²) in [4.78, 5) is 0.782. The lowest BCUT2D eigenvalue weighted by Crippen LogP contribution is -2.40. The first kappa shape index (κ1) is 17.6. The second-order valence-electron chi connectivity index (χ2n) is 5.47. The van der Waals surface area contributed by atoms with Gasteiger partial charge in [-0.1, -0.05) is 73.6 Å². The average molecular weight is 348 g/mol. The van der Waals surface area contributed by atoms with Crippen LogP contribution in [0.5, 0.6) is 0 Å². The molecule has 1 N–H and O–H groups in total. The number of hydrogen-bond acceptors (Lipinski definition) is 3. The SMILES string of the molecule is CCCC(NC(=S)c1ccccc1)S(=O)(=O)c1ccc(C)cc1. The van der Waals surface area contributed by atoms with Crippen molar-refractivity contribution >= 4 is 27.0 Å². The van der Waals surface area contributed by atoms with Gasteiger partial charge in [-0.05, 0) is 25.5 Å². The molecule has 2 aromatic carbocycles. The summed E-state index contributed by atoms with van der Waals surface area (Å²) in [7, 11) is -3.48. The molecule has 0 heterocycles. The lowest BCUT2D eigenvalue weighted by Gasteiger charge is -2.20. The zero-order valence-corrected chi connectivity index (χ0v) is 15.0. The van der Waals surface area contributed by atoms with Crippen LogP contribution in [0.25, 0.3) is 0 Å². The van der Waals surface area contributed by atoms with Crippen molar-refractivity contribution in [3.63, 3.8) is 0 Å². The maximum atomic E-state index is 12.9. The van der Waals surface area contributed by atoms with Gasteiger partial charge in [-0.15, -0.1) is 0 Å². The molecule has 2 aromatic rings. The molecule has 0 spiro atoms. The van der Waals surface area contributed by atoms with Crippen molar-refractivity contribution in [2.24, 2.45) is 0 Å². The molecule has 0 radical (unpaired) electrons. The van der Waals surface area contributed by atoms with E-state index in [0.717, 1.165) is 17.5 Å². The van der Waals surface area contributed by atoms with E-state index >= 15 is 0 Å². The van der Waals surface area contributed by atoms with Crippen LogP contribution in [0.3, 0.4) is 0 Å². The first-order chi connectivity index (χ1) is 10.9. The van der Waals surface area contributed by atoms with E-state index in [0.29, 0.717) is 16.3 Å². The van der Waals surface area contributed by atoms with E-state index in [-0.39, 0.29) is 0 Å². The maximum absolute atomic E-state index is 12.9. The highest BCUT2D eigenvalue weighted by Crippen LogP contribution is 2.19. The minimum absolute atomic E-state index is 0.324. The van der Waals surface area contributed by atoms with Gasteiger partial charge in [0.15, 0.2) is 9.84 Å². The summed E-state index contributed by atoms with van der Waals surface area (Å²) in [6, 6.07) is 16.3. The molecule has 3 nitrogen and oxygen atoms in total. The predicted molar refractivity (Wildman–Crippen MR) is 98.3 cm³/mol. The molecular formula is C18H21NO2S2. The zero-order chi connectivity index (χ0) is 16.9. The zero-order valence-electron chi connectivity index (χ0n) is 13.3. The van der Waals surface area contributed by atoms with E-state index in [9.17, 15) is 8.42 Å². The molecule has 5 heteroatoms. The van der Waals surface area contributed by atoms with Gasteiger partial charge in [-0.25, -0.2) is 8.42 Å². The first-order valence-electron chi connectivity index (χ1n) is 7.61. The van der Waals surface area contributed by atoms with Crippen molar-refractivity contribution in [3.8, 4) is 0 Å². The summed E-state index contributed by atoms with van der Waals surface area (Å²) in [5.41, 5.74) is 1.85. The number of aryl methyl sites for hydroxylation is 1. The number of nitrogens with one attached hydrogen (secondary N) is 1. The van der Waals surface area contributed by atoms with Gasteiger partial charge < -0.3 is 5.32 Å². The van der Waals surface area contributed by atoms with Gasteiger partial charge in [-0.3, -0.25) is 0 Å². The van der Waals surface area contributed by atoms with Crippen molar-refractivity contribution in [1.29, 1.82) is 0 Å². The number of hydrogen-bond donors (Lipinski definition) is 1. The van der Waals surface area contributed by atoms with E-state index < -0.39 is 15.2 Å². The molecule has 122 valence electrons. The standard InChI is InChI=1S/C18H21NO2S2/c1-3-7-17(19-18(22)15-8-5-4-6-9-15)23(20,21)16-12-10-14(2)11-13-16/h4-6,8-13,17H,3,7H2,1-2H3,(H,19,22). The largest absolute Gasteiger partial charge is 0.359 e. The molecule has 0 amide bonds. The Balaban J connectivity index is 2.27. The van der Waals surface area contributed by atoms with Gasteiger partial charge in [0.1, 0.15) is 10.4 Å². The Morgan fingerprint density at radius 2 is 1.70 bits per heavy atom. The van der Waals surface area contributed by atoms with Crippen LogP contribution in [-0.4, -0.2) is 18.8 Å². The molecule has 23 heavy (non-hydrogen) atoms. The summed E-state index contributed by atoms with van der Waals surface area (Å²) < 4.78 is 25.8. The summed E-state index contributed by atoms with van der Waals surface area (Å²) in [6.07, 6.45) is 1.25. The number of rotatable bonds is 6. The smallest absolute Gasteiger partial charge is 0.199 e. The average Bonchev–Trinajstić information content (AvgIpc) is 2.55. The molecule has 0 bridgehead atoms. The van der Waals surface area contributed by atoms with Gasteiger partial charge in [0.05, 0.1) is 4.90 Å². The van der Waals surface area contributed by atoms with Crippen LogP contribution in [0.4, 0.5) is 0 Å². The Morgan fingerprint density at radius 3 is 2.26 bits per heavy atom. The number of benzene rings is 2. The van der Waals surface area contributed by atoms with Crippen LogP contribution in [0.15, 0.2) is 59.5 Å². The van der Waals surface area contributed by atoms with Gasteiger partial charge in [0, 0.05) is 5.56 Å².